The first-order valence-electron chi connectivity index (χ1n) is 6.49. The molecule has 2 aromatic rings. The highest BCUT2D eigenvalue weighted by Crippen LogP contribution is 2.12. The van der Waals surface area contributed by atoms with Gasteiger partial charge in [0, 0.05) is 32.1 Å². The molecule has 100 valence electrons. The van der Waals surface area contributed by atoms with E-state index in [-0.39, 0.29) is 0 Å². The number of benzene rings is 1. The summed E-state index contributed by atoms with van der Waals surface area (Å²) in [5, 5.41) is 3.50. The minimum absolute atomic E-state index is 0.291. The molecular weight excluding hydrogens is 236 g/mol. The van der Waals surface area contributed by atoms with Crippen LogP contribution in [0.15, 0.2) is 48.8 Å². The summed E-state index contributed by atoms with van der Waals surface area (Å²) in [7, 11) is 1.72. The molecule has 1 heterocycles. The number of rotatable bonds is 6. The zero-order valence-corrected chi connectivity index (χ0v) is 11.5. The number of nitrogens with zero attached hydrogens (tertiary/aromatic N) is 1. The van der Waals surface area contributed by atoms with Crippen LogP contribution in [0.5, 0.6) is 0 Å². The first kappa shape index (κ1) is 13.7. The summed E-state index contributed by atoms with van der Waals surface area (Å²) in [4.78, 5) is 4.14. The highest BCUT2D eigenvalue weighted by atomic mass is 16.5. The molecule has 1 N–H and O–H groups in total. The van der Waals surface area contributed by atoms with E-state index in [1.54, 1.807) is 13.3 Å². The molecule has 0 radical (unpaired) electrons. The molecular formula is C16H20N2O. The zero-order chi connectivity index (χ0) is 13.5. The average Bonchev–Trinajstić information content (AvgIpc) is 2.46. The Morgan fingerprint density at radius 2 is 2.05 bits per heavy atom. The molecule has 0 unspecified atom stereocenters. The molecule has 0 amide bonds. The summed E-state index contributed by atoms with van der Waals surface area (Å²) in [6, 6.07) is 12.8. The van der Waals surface area contributed by atoms with Crippen LogP contribution in [0, 0.1) is 0 Å². The molecule has 3 nitrogen and oxygen atoms in total. The lowest BCUT2D eigenvalue weighted by Gasteiger charge is -2.14. The van der Waals surface area contributed by atoms with E-state index in [4.69, 9.17) is 4.74 Å². The Morgan fingerprint density at radius 3 is 2.79 bits per heavy atom. The molecule has 1 aromatic heterocycles. The molecule has 0 saturated heterocycles. The fourth-order valence-electron chi connectivity index (χ4n) is 2.02. The van der Waals surface area contributed by atoms with Gasteiger partial charge in [0.1, 0.15) is 0 Å². The Bertz CT molecular complexity index is 499. The number of hydrogen-bond acceptors (Lipinski definition) is 3. The van der Waals surface area contributed by atoms with Crippen LogP contribution in [0.3, 0.4) is 0 Å². The van der Waals surface area contributed by atoms with Crippen molar-refractivity contribution in [2.24, 2.45) is 0 Å². The van der Waals surface area contributed by atoms with Crippen LogP contribution in [-0.4, -0.2) is 12.1 Å². The summed E-state index contributed by atoms with van der Waals surface area (Å²) in [5.74, 6) is 0. The van der Waals surface area contributed by atoms with E-state index in [0.29, 0.717) is 12.6 Å². The molecule has 1 aromatic carbocycles. The summed E-state index contributed by atoms with van der Waals surface area (Å²) >= 11 is 0. The Balaban J connectivity index is 1.93. The van der Waals surface area contributed by atoms with Gasteiger partial charge in [-0.15, -0.1) is 0 Å². The number of aromatic nitrogens is 1. The van der Waals surface area contributed by atoms with E-state index in [1.807, 2.05) is 12.3 Å². The molecule has 3 heteroatoms. The number of pyridine rings is 1. The van der Waals surface area contributed by atoms with Gasteiger partial charge in [-0.25, -0.2) is 0 Å². The van der Waals surface area contributed by atoms with Gasteiger partial charge in [0.2, 0.25) is 0 Å². The van der Waals surface area contributed by atoms with E-state index < -0.39 is 0 Å². The Kier molecular flexibility index (Phi) is 5.07. The minimum atomic E-state index is 0.291. The maximum atomic E-state index is 5.15. The minimum Gasteiger partial charge on any atom is -0.380 e. The molecule has 2 rings (SSSR count). The second-order valence-corrected chi connectivity index (χ2v) is 4.64. The van der Waals surface area contributed by atoms with Crippen molar-refractivity contribution < 1.29 is 4.74 Å². The highest BCUT2D eigenvalue weighted by molar-refractivity contribution is 5.23. The van der Waals surface area contributed by atoms with E-state index in [1.165, 1.54) is 16.7 Å². The quantitative estimate of drug-likeness (QED) is 0.862. The predicted octanol–water partition coefficient (Wildman–Crippen LogP) is 3.08. The second-order valence-electron chi connectivity index (χ2n) is 4.64. The lowest BCUT2D eigenvalue weighted by molar-refractivity contribution is 0.185. The fourth-order valence-corrected chi connectivity index (χ4v) is 2.02. The van der Waals surface area contributed by atoms with Crippen molar-refractivity contribution in [2.45, 2.75) is 26.1 Å². The van der Waals surface area contributed by atoms with Gasteiger partial charge >= 0.3 is 0 Å². The van der Waals surface area contributed by atoms with Crippen LogP contribution in [-0.2, 0) is 17.9 Å². The van der Waals surface area contributed by atoms with E-state index in [2.05, 4.69) is 47.6 Å². The van der Waals surface area contributed by atoms with Crippen molar-refractivity contribution in [3.05, 3.63) is 65.5 Å². The van der Waals surface area contributed by atoms with Gasteiger partial charge in [0.15, 0.2) is 0 Å². The molecule has 19 heavy (non-hydrogen) atoms. The van der Waals surface area contributed by atoms with Crippen molar-refractivity contribution in [1.29, 1.82) is 0 Å². The molecule has 0 aliphatic rings. The third kappa shape index (κ3) is 4.16. The molecule has 0 aliphatic carbocycles. The Labute approximate surface area is 114 Å². The number of hydrogen-bond donors (Lipinski definition) is 1. The SMILES string of the molecule is COCc1cccc(CN[C@H](C)c2cccnc2)c1. The van der Waals surface area contributed by atoms with Gasteiger partial charge in [-0.05, 0) is 29.7 Å². The monoisotopic (exact) mass is 256 g/mol. The van der Waals surface area contributed by atoms with E-state index >= 15 is 0 Å². The van der Waals surface area contributed by atoms with Gasteiger partial charge in [-0.2, -0.15) is 0 Å². The molecule has 0 aliphatic heterocycles. The van der Waals surface area contributed by atoms with E-state index in [9.17, 15) is 0 Å². The average molecular weight is 256 g/mol. The van der Waals surface area contributed by atoms with Gasteiger partial charge in [-0.1, -0.05) is 30.3 Å². The second kappa shape index (κ2) is 7.02. The highest BCUT2D eigenvalue weighted by Gasteiger charge is 2.04. The third-order valence-corrected chi connectivity index (χ3v) is 3.10. The van der Waals surface area contributed by atoms with Gasteiger partial charge in [0.25, 0.3) is 0 Å². The summed E-state index contributed by atoms with van der Waals surface area (Å²) < 4.78 is 5.15. The smallest absolute Gasteiger partial charge is 0.0713 e. The molecule has 0 saturated carbocycles. The Hall–Kier alpha value is -1.71. The van der Waals surface area contributed by atoms with Crippen molar-refractivity contribution in [1.82, 2.24) is 10.3 Å². The Morgan fingerprint density at radius 1 is 1.21 bits per heavy atom. The van der Waals surface area contributed by atoms with Gasteiger partial charge in [-0.3, -0.25) is 4.98 Å². The van der Waals surface area contributed by atoms with Crippen LogP contribution in [0.1, 0.15) is 29.7 Å². The third-order valence-electron chi connectivity index (χ3n) is 3.10. The topological polar surface area (TPSA) is 34.1 Å². The first-order valence-corrected chi connectivity index (χ1v) is 6.49. The lowest BCUT2D eigenvalue weighted by Crippen LogP contribution is -2.18. The van der Waals surface area contributed by atoms with Crippen LogP contribution < -0.4 is 5.32 Å². The maximum Gasteiger partial charge on any atom is 0.0713 e. The van der Waals surface area contributed by atoms with Crippen molar-refractivity contribution in [2.75, 3.05) is 7.11 Å². The molecule has 0 fully saturated rings. The fraction of sp³-hybridized carbons (Fsp3) is 0.312. The standard InChI is InChI=1S/C16H20N2O/c1-13(16-7-4-8-17-11-16)18-10-14-5-3-6-15(9-14)12-19-2/h3-9,11,13,18H,10,12H2,1-2H3/t13-/m1/s1. The normalized spacial score (nSPS) is 12.3. The van der Waals surface area contributed by atoms with Gasteiger partial charge < -0.3 is 10.1 Å². The molecule has 0 bridgehead atoms. The summed E-state index contributed by atoms with van der Waals surface area (Å²) in [6.45, 7) is 3.65. The van der Waals surface area contributed by atoms with Crippen molar-refractivity contribution in [3.63, 3.8) is 0 Å². The van der Waals surface area contributed by atoms with E-state index in [0.717, 1.165) is 6.54 Å². The lowest BCUT2D eigenvalue weighted by atomic mass is 10.1. The maximum absolute atomic E-state index is 5.15. The van der Waals surface area contributed by atoms with Gasteiger partial charge in [0.05, 0.1) is 6.61 Å². The number of ether oxygens (including phenoxy) is 1. The largest absolute Gasteiger partial charge is 0.380 e. The van der Waals surface area contributed by atoms with Crippen molar-refractivity contribution >= 4 is 0 Å². The van der Waals surface area contributed by atoms with Crippen LogP contribution in [0.2, 0.25) is 0 Å². The van der Waals surface area contributed by atoms with Crippen LogP contribution in [0.4, 0.5) is 0 Å². The first-order chi connectivity index (χ1) is 9.29. The summed E-state index contributed by atoms with van der Waals surface area (Å²) in [6.07, 6.45) is 3.70. The van der Waals surface area contributed by atoms with Crippen LogP contribution in [0.25, 0.3) is 0 Å². The molecule has 0 spiro atoms. The molecule has 1 atom stereocenters. The number of methoxy groups -OCH3 is 1. The predicted molar refractivity (Wildman–Crippen MR) is 76.6 cm³/mol. The summed E-state index contributed by atoms with van der Waals surface area (Å²) in [5.41, 5.74) is 3.68. The van der Waals surface area contributed by atoms with Crippen molar-refractivity contribution in [3.8, 4) is 0 Å². The van der Waals surface area contributed by atoms with Crippen LogP contribution >= 0.6 is 0 Å². The zero-order valence-electron chi connectivity index (χ0n) is 11.5. The number of nitrogens with one attached hydrogen (secondary N) is 1.